The number of nitrogens with one attached hydrogen (secondary N) is 1. The minimum absolute atomic E-state index is 0.262. The number of benzene rings is 1. The molecule has 0 bridgehead atoms. The molecule has 0 radical (unpaired) electrons. The summed E-state index contributed by atoms with van der Waals surface area (Å²) in [6.07, 6.45) is 1.67. The number of nitrogens with zero attached hydrogens (tertiary/aromatic N) is 1. The maximum atomic E-state index is 13.3. The summed E-state index contributed by atoms with van der Waals surface area (Å²) in [6.45, 7) is 0.520. The summed E-state index contributed by atoms with van der Waals surface area (Å²) >= 11 is 3.23. The lowest BCUT2D eigenvalue weighted by molar-refractivity contribution is 0.398. The number of ether oxygens (including phenoxy) is 1. The predicted octanol–water partition coefficient (Wildman–Crippen LogP) is 3.60. The zero-order chi connectivity index (χ0) is 13.0. The highest BCUT2D eigenvalue weighted by Crippen LogP contribution is 2.21. The molecule has 0 amide bonds. The van der Waals surface area contributed by atoms with E-state index in [2.05, 4.69) is 26.2 Å². The van der Waals surface area contributed by atoms with Crippen molar-refractivity contribution in [1.82, 2.24) is 4.98 Å². The van der Waals surface area contributed by atoms with Crippen LogP contribution in [0.5, 0.6) is 5.88 Å². The van der Waals surface area contributed by atoms with E-state index in [1.54, 1.807) is 25.4 Å². The molecule has 0 saturated carbocycles. The quantitative estimate of drug-likeness (QED) is 0.937. The number of aromatic nitrogens is 1. The summed E-state index contributed by atoms with van der Waals surface area (Å²) in [5.74, 6) is 0.301. The van der Waals surface area contributed by atoms with Crippen LogP contribution in [0.25, 0.3) is 0 Å². The van der Waals surface area contributed by atoms with Crippen LogP contribution in [0, 0.1) is 5.82 Å². The molecular formula is C13H12BrFN2O. The lowest BCUT2D eigenvalue weighted by Crippen LogP contribution is -2.01. The molecule has 1 N–H and O–H groups in total. The fourth-order valence-corrected chi connectivity index (χ4v) is 1.89. The minimum Gasteiger partial charge on any atom is -0.481 e. The third-order valence-corrected chi connectivity index (χ3v) is 3.35. The summed E-state index contributed by atoms with van der Waals surface area (Å²) in [4.78, 5) is 4.08. The van der Waals surface area contributed by atoms with Gasteiger partial charge in [-0.1, -0.05) is 12.1 Å². The molecule has 94 valence electrons. The Hall–Kier alpha value is -1.62. The molecule has 5 heteroatoms. The molecule has 1 heterocycles. The first-order valence-corrected chi connectivity index (χ1v) is 6.17. The summed E-state index contributed by atoms with van der Waals surface area (Å²) in [5.41, 5.74) is 1.71. The van der Waals surface area contributed by atoms with Gasteiger partial charge < -0.3 is 10.1 Å². The lowest BCUT2D eigenvalue weighted by atomic mass is 10.2. The number of halogens is 2. The van der Waals surface area contributed by atoms with E-state index in [0.717, 1.165) is 11.3 Å². The van der Waals surface area contributed by atoms with Crippen LogP contribution in [-0.2, 0) is 6.54 Å². The Labute approximate surface area is 113 Å². The number of anilines is 1. The molecular weight excluding hydrogens is 299 g/mol. The van der Waals surface area contributed by atoms with Crippen molar-refractivity contribution in [3.05, 3.63) is 52.4 Å². The fourth-order valence-electron chi connectivity index (χ4n) is 1.49. The molecule has 18 heavy (non-hydrogen) atoms. The second kappa shape index (κ2) is 5.82. The normalized spacial score (nSPS) is 10.2. The van der Waals surface area contributed by atoms with Gasteiger partial charge in [-0.05, 0) is 33.6 Å². The van der Waals surface area contributed by atoms with E-state index in [1.165, 1.54) is 6.07 Å². The molecule has 0 aliphatic heterocycles. The van der Waals surface area contributed by atoms with Crippen LogP contribution in [0.2, 0.25) is 0 Å². The summed E-state index contributed by atoms with van der Waals surface area (Å²) in [6, 6.07) is 8.59. The highest BCUT2D eigenvalue weighted by molar-refractivity contribution is 9.10. The Morgan fingerprint density at radius 3 is 2.83 bits per heavy atom. The number of methoxy groups -OCH3 is 1. The van der Waals surface area contributed by atoms with Gasteiger partial charge in [0.25, 0.3) is 0 Å². The molecule has 0 fully saturated rings. The van der Waals surface area contributed by atoms with E-state index in [4.69, 9.17) is 4.74 Å². The average molecular weight is 311 g/mol. The van der Waals surface area contributed by atoms with Gasteiger partial charge in [-0.2, -0.15) is 0 Å². The molecule has 0 aliphatic rings. The summed E-state index contributed by atoms with van der Waals surface area (Å²) < 4.78 is 18.8. The Morgan fingerprint density at radius 1 is 1.33 bits per heavy atom. The van der Waals surface area contributed by atoms with Crippen molar-refractivity contribution in [2.45, 2.75) is 6.54 Å². The SMILES string of the molecule is COc1ccc(NCc2cccc(F)c2Br)cn1. The van der Waals surface area contributed by atoms with Crippen molar-refractivity contribution in [2.24, 2.45) is 0 Å². The van der Waals surface area contributed by atoms with Gasteiger partial charge in [0.15, 0.2) is 0 Å². The third kappa shape index (κ3) is 2.98. The van der Waals surface area contributed by atoms with Gasteiger partial charge in [-0.3, -0.25) is 0 Å². The van der Waals surface area contributed by atoms with E-state index in [1.807, 2.05) is 12.1 Å². The molecule has 0 atom stereocenters. The first kappa shape index (κ1) is 12.8. The maximum absolute atomic E-state index is 13.3. The minimum atomic E-state index is -0.262. The van der Waals surface area contributed by atoms with E-state index < -0.39 is 0 Å². The van der Waals surface area contributed by atoms with Gasteiger partial charge in [0, 0.05) is 12.6 Å². The van der Waals surface area contributed by atoms with Gasteiger partial charge in [0.05, 0.1) is 23.5 Å². The summed E-state index contributed by atoms with van der Waals surface area (Å²) in [7, 11) is 1.57. The standard InChI is InChI=1S/C13H12BrFN2O/c1-18-12-6-5-10(8-17-12)16-7-9-3-2-4-11(15)13(9)14/h2-6,8,16H,7H2,1H3. The Bertz CT molecular complexity index is 531. The van der Waals surface area contributed by atoms with Gasteiger partial charge in [-0.25, -0.2) is 9.37 Å². The van der Waals surface area contributed by atoms with Crippen molar-refractivity contribution in [1.29, 1.82) is 0 Å². The molecule has 2 aromatic rings. The molecule has 2 rings (SSSR count). The van der Waals surface area contributed by atoms with Crippen LogP contribution in [0.1, 0.15) is 5.56 Å². The van der Waals surface area contributed by atoms with Crippen molar-refractivity contribution < 1.29 is 9.13 Å². The fraction of sp³-hybridized carbons (Fsp3) is 0.154. The van der Waals surface area contributed by atoms with Crippen molar-refractivity contribution in [3.63, 3.8) is 0 Å². The van der Waals surface area contributed by atoms with Gasteiger partial charge in [0.2, 0.25) is 5.88 Å². The molecule has 0 spiro atoms. The van der Waals surface area contributed by atoms with Crippen molar-refractivity contribution in [2.75, 3.05) is 12.4 Å². The maximum Gasteiger partial charge on any atom is 0.213 e. The largest absolute Gasteiger partial charge is 0.481 e. The number of hydrogen-bond acceptors (Lipinski definition) is 3. The van der Waals surface area contributed by atoms with Crippen LogP contribution in [0.15, 0.2) is 41.0 Å². The predicted molar refractivity (Wildman–Crippen MR) is 72.2 cm³/mol. The number of hydrogen-bond donors (Lipinski definition) is 1. The van der Waals surface area contributed by atoms with Crippen LogP contribution in [0.3, 0.4) is 0 Å². The van der Waals surface area contributed by atoms with Gasteiger partial charge in [0.1, 0.15) is 5.82 Å². The Morgan fingerprint density at radius 2 is 2.17 bits per heavy atom. The lowest BCUT2D eigenvalue weighted by Gasteiger charge is -2.08. The van der Waals surface area contributed by atoms with E-state index in [0.29, 0.717) is 16.9 Å². The van der Waals surface area contributed by atoms with Crippen molar-refractivity contribution in [3.8, 4) is 5.88 Å². The Kier molecular flexibility index (Phi) is 4.15. The average Bonchev–Trinajstić information content (AvgIpc) is 2.41. The van der Waals surface area contributed by atoms with E-state index >= 15 is 0 Å². The topological polar surface area (TPSA) is 34.1 Å². The van der Waals surface area contributed by atoms with Crippen LogP contribution in [-0.4, -0.2) is 12.1 Å². The highest BCUT2D eigenvalue weighted by Gasteiger charge is 2.04. The van der Waals surface area contributed by atoms with Crippen LogP contribution in [0.4, 0.5) is 10.1 Å². The van der Waals surface area contributed by atoms with Gasteiger partial charge >= 0.3 is 0 Å². The van der Waals surface area contributed by atoms with E-state index in [9.17, 15) is 4.39 Å². The molecule has 1 aromatic carbocycles. The smallest absolute Gasteiger partial charge is 0.213 e. The van der Waals surface area contributed by atoms with E-state index in [-0.39, 0.29) is 5.82 Å². The first-order valence-electron chi connectivity index (χ1n) is 5.37. The summed E-state index contributed by atoms with van der Waals surface area (Å²) in [5, 5.41) is 3.17. The van der Waals surface area contributed by atoms with Gasteiger partial charge in [-0.15, -0.1) is 0 Å². The van der Waals surface area contributed by atoms with Crippen LogP contribution >= 0.6 is 15.9 Å². The van der Waals surface area contributed by atoms with Crippen LogP contribution < -0.4 is 10.1 Å². The molecule has 3 nitrogen and oxygen atoms in total. The number of pyridine rings is 1. The second-order valence-electron chi connectivity index (χ2n) is 3.66. The zero-order valence-electron chi connectivity index (χ0n) is 9.78. The zero-order valence-corrected chi connectivity index (χ0v) is 11.4. The third-order valence-electron chi connectivity index (χ3n) is 2.46. The molecule has 1 aromatic heterocycles. The second-order valence-corrected chi connectivity index (χ2v) is 4.45. The number of rotatable bonds is 4. The molecule has 0 saturated heterocycles. The monoisotopic (exact) mass is 310 g/mol. The highest BCUT2D eigenvalue weighted by atomic mass is 79.9. The van der Waals surface area contributed by atoms with Crippen molar-refractivity contribution >= 4 is 21.6 Å². The molecule has 0 unspecified atom stereocenters. The first-order chi connectivity index (χ1) is 8.70. The molecule has 0 aliphatic carbocycles. The Balaban J connectivity index is 2.04.